The molecule has 1 fully saturated rings. The maximum absolute atomic E-state index is 14.0. The molecule has 1 unspecified atom stereocenters. The van der Waals surface area contributed by atoms with Crippen LogP contribution < -0.4 is 5.32 Å². The summed E-state index contributed by atoms with van der Waals surface area (Å²) in [5.41, 5.74) is 2.40. The van der Waals surface area contributed by atoms with Crippen molar-refractivity contribution in [3.63, 3.8) is 0 Å². The van der Waals surface area contributed by atoms with Gasteiger partial charge in [-0.15, -0.1) is 0 Å². The van der Waals surface area contributed by atoms with E-state index in [4.69, 9.17) is 11.6 Å². The number of halogens is 2. The first-order valence-corrected chi connectivity index (χ1v) is 8.94. The van der Waals surface area contributed by atoms with E-state index in [-0.39, 0.29) is 17.6 Å². The number of para-hydroxylation sites is 1. The van der Waals surface area contributed by atoms with Gasteiger partial charge in [0, 0.05) is 29.4 Å². The predicted octanol–water partition coefficient (Wildman–Crippen LogP) is 4.64. The third-order valence-electron chi connectivity index (χ3n) is 4.72. The lowest BCUT2D eigenvalue weighted by Crippen LogP contribution is -2.40. The van der Waals surface area contributed by atoms with E-state index in [1.54, 1.807) is 12.1 Å². The Morgan fingerprint density at radius 3 is 2.84 bits per heavy atom. The third kappa shape index (κ3) is 4.39. The smallest absolute Gasteiger partial charge is 0.228 e. The molecule has 0 aliphatic carbocycles. The van der Waals surface area contributed by atoms with Gasteiger partial charge in [-0.3, -0.25) is 9.69 Å². The Hall–Kier alpha value is -1.91. The Morgan fingerprint density at radius 1 is 1.28 bits per heavy atom. The summed E-state index contributed by atoms with van der Waals surface area (Å²) in [4.78, 5) is 14.7. The second-order valence-electron chi connectivity index (χ2n) is 6.58. The summed E-state index contributed by atoms with van der Waals surface area (Å²) in [5.74, 6) is -0.364. The van der Waals surface area contributed by atoms with Crippen molar-refractivity contribution in [2.75, 3.05) is 18.4 Å². The number of piperidine rings is 1. The highest BCUT2D eigenvalue weighted by molar-refractivity contribution is 6.31. The molecule has 1 aliphatic heterocycles. The van der Waals surface area contributed by atoms with Crippen LogP contribution in [0.2, 0.25) is 5.02 Å². The number of likely N-dealkylation sites (tertiary alicyclic amines) is 1. The van der Waals surface area contributed by atoms with Crippen molar-refractivity contribution in [3.05, 3.63) is 64.4 Å². The fraction of sp³-hybridized carbons (Fsp3) is 0.350. The van der Waals surface area contributed by atoms with Crippen LogP contribution in [0, 0.1) is 18.7 Å². The van der Waals surface area contributed by atoms with E-state index in [1.165, 1.54) is 6.07 Å². The van der Waals surface area contributed by atoms with Gasteiger partial charge in [-0.1, -0.05) is 35.9 Å². The molecule has 1 aliphatic rings. The second-order valence-corrected chi connectivity index (χ2v) is 6.99. The first-order chi connectivity index (χ1) is 12.0. The number of hydrogen-bond donors (Lipinski definition) is 1. The summed E-state index contributed by atoms with van der Waals surface area (Å²) >= 11 is 6.13. The monoisotopic (exact) mass is 360 g/mol. The summed E-state index contributed by atoms with van der Waals surface area (Å²) < 4.78 is 14.0. The van der Waals surface area contributed by atoms with Crippen LogP contribution in [0.4, 0.5) is 10.1 Å². The standard InChI is InChI=1S/C20H22ClFN2O/c1-14-6-2-3-10-19(14)23-20(25)15-7-5-11-24(12-15)13-16-17(21)8-4-9-18(16)22/h2-4,6,8-10,15H,5,7,11-13H2,1H3,(H,23,25). The second kappa shape index (κ2) is 7.98. The highest BCUT2D eigenvalue weighted by Gasteiger charge is 2.27. The van der Waals surface area contributed by atoms with Gasteiger partial charge in [-0.25, -0.2) is 4.39 Å². The Labute approximate surface area is 152 Å². The van der Waals surface area contributed by atoms with Crippen LogP contribution in [0.5, 0.6) is 0 Å². The van der Waals surface area contributed by atoms with Gasteiger partial charge in [0.1, 0.15) is 5.82 Å². The van der Waals surface area contributed by atoms with E-state index in [1.807, 2.05) is 31.2 Å². The lowest BCUT2D eigenvalue weighted by atomic mass is 9.96. The summed E-state index contributed by atoms with van der Waals surface area (Å²) in [7, 11) is 0. The average Bonchev–Trinajstić information content (AvgIpc) is 2.60. The molecule has 0 bridgehead atoms. The minimum Gasteiger partial charge on any atom is -0.326 e. The minimum atomic E-state index is -0.293. The van der Waals surface area contributed by atoms with Gasteiger partial charge in [0.05, 0.1) is 5.92 Å². The summed E-state index contributed by atoms with van der Waals surface area (Å²) in [6.07, 6.45) is 1.76. The van der Waals surface area contributed by atoms with Crippen molar-refractivity contribution in [2.45, 2.75) is 26.3 Å². The topological polar surface area (TPSA) is 32.3 Å². The minimum absolute atomic E-state index is 0.0265. The van der Waals surface area contributed by atoms with Crippen LogP contribution in [-0.4, -0.2) is 23.9 Å². The number of nitrogens with zero attached hydrogens (tertiary/aromatic N) is 1. The van der Waals surface area contributed by atoms with Gasteiger partial charge in [0.25, 0.3) is 0 Å². The molecule has 1 atom stereocenters. The summed E-state index contributed by atoms with van der Waals surface area (Å²) in [6, 6.07) is 12.5. The van der Waals surface area contributed by atoms with Gasteiger partial charge in [-0.2, -0.15) is 0 Å². The molecular formula is C20H22ClFN2O. The third-order valence-corrected chi connectivity index (χ3v) is 5.08. The molecule has 0 aromatic heterocycles. The van der Waals surface area contributed by atoms with Crippen LogP contribution >= 0.6 is 11.6 Å². The van der Waals surface area contributed by atoms with E-state index >= 15 is 0 Å². The average molecular weight is 361 g/mol. The zero-order chi connectivity index (χ0) is 17.8. The number of carbonyl (C=O) groups excluding carboxylic acids is 1. The highest BCUT2D eigenvalue weighted by atomic mass is 35.5. The molecule has 132 valence electrons. The van der Waals surface area contributed by atoms with Crippen molar-refractivity contribution in [1.82, 2.24) is 4.90 Å². The summed E-state index contributed by atoms with van der Waals surface area (Å²) in [6.45, 7) is 3.86. The largest absolute Gasteiger partial charge is 0.326 e. The van der Waals surface area contributed by atoms with Crippen LogP contribution in [0.15, 0.2) is 42.5 Å². The van der Waals surface area contributed by atoms with E-state index < -0.39 is 0 Å². The van der Waals surface area contributed by atoms with Crippen molar-refractivity contribution >= 4 is 23.2 Å². The number of hydrogen-bond acceptors (Lipinski definition) is 2. The Balaban J connectivity index is 1.65. The normalized spacial score (nSPS) is 18.1. The lowest BCUT2D eigenvalue weighted by molar-refractivity contribution is -0.121. The molecule has 0 spiro atoms. The molecule has 3 rings (SSSR count). The quantitative estimate of drug-likeness (QED) is 0.861. The van der Waals surface area contributed by atoms with Crippen LogP contribution in [-0.2, 0) is 11.3 Å². The maximum atomic E-state index is 14.0. The van der Waals surface area contributed by atoms with Crippen LogP contribution in [0.3, 0.4) is 0 Å². The molecule has 0 saturated carbocycles. The van der Waals surface area contributed by atoms with Gasteiger partial charge in [0.2, 0.25) is 5.91 Å². The van der Waals surface area contributed by atoms with Crippen molar-refractivity contribution in [1.29, 1.82) is 0 Å². The van der Waals surface area contributed by atoms with Crippen molar-refractivity contribution in [3.8, 4) is 0 Å². The Morgan fingerprint density at radius 2 is 2.08 bits per heavy atom. The molecule has 5 heteroatoms. The lowest BCUT2D eigenvalue weighted by Gasteiger charge is -2.32. The molecule has 1 saturated heterocycles. The van der Waals surface area contributed by atoms with Gasteiger partial charge in [0.15, 0.2) is 0 Å². The van der Waals surface area contributed by atoms with E-state index in [0.29, 0.717) is 23.7 Å². The van der Waals surface area contributed by atoms with Gasteiger partial charge in [-0.05, 0) is 50.1 Å². The number of nitrogens with one attached hydrogen (secondary N) is 1. The molecule has 0 radical (unpaired) electrons. The van der Waals surface area contributed by atoms with E-state index in [2.05, 4.69) is 10.2 Å². The van der Waals surface area contributed by atoms with E-state index in [9.17, 15) is 9.18 Å². The number of rotatable bonds is 4. The highest BCUT2D eigenvalue weighted by Crippen LogP contribution is 2.25. The number of aryl methyl sites for hydroxylation is 1. The molecular weight excluding hydrogens is 339 g/mol. The zero-order valence-electron chi connectivity index (χ0n) is 14.3. The first-order valence-electron chi connectivity index (χ1n) is 8.56. The SMILES string of the molecule is Cc1ccccc1NC(=O)C1CCCN(Cc2c(F)cccc2Cl)C1. The van der Waals surface area contributed by atoms with Gasteiger partial charge < -0.3 is 5.32 Å². The fourth-order valence-electron chi connectivity index (χ4n) is 3.27. The zero-order valence-corrected chi connectivity index (χ0v) is 15.0. The van der Waals surface area contributed by atoms with Crippen LogP contribution in [0.1, 0.15) is 24.0 Å². The van der Waals surface area contributed by atoms with Crippen molar-refractivity contribution in [2.24, 2.45) is 5.92 Å². The first kappa shape index (κ1) is 17.9. The van der Waals surface area contributed by atoms with Gasteiger partial charge >= 0.3 is 0 Å². The predicted molar refractivity (Wildman–Crippen MR) is 99.2 cm³/mol. The Kier molecular flexibility index (Phi) is 5.71. The van der Waals surface area contributed by atoms with E-state index in [0.717, 1.165) is 30.6 Å². The molecule has 1 amide bonds. The molecule has 1 heterocycles. The fourth-order valence-corrected chi connectivity index (χ4v) is 3.49. The Bertz CT molecular complexity index is 745. The number of benzene rings is 2. The number of anilines is 1. The van der Waals surface area contributed by atoms with Crippen molar-refractivity contribution < 1.29 is 9.18 Å². The molecule has 2 aromatic carbocycles. The molecule has 3 nitrogen and oxygen atoms in total. The number of amides is 1. The molecule has 2 aromatic rings. The maximum Gasteiger partial charge on any atom is 0.228 e. The molecule has 1 N–H and O–H groups in total. The number of carbonyl (C=O) groups is 1. The summed E-state index contributed by atoms with van der Waals surface area (Å²) in [5, 5.41) is 3.46. The molecule has 25 heavy (non-hydrogen) atoms. The van der Waals surface area contributed by atoms with Crippen LogP contribution in [0.25, 0.3) is 0 Å².